The number of hydrogen-bond acceptors (Lipinski definition) is 3. The number of aliphatic hydroxyl groups is 1. The predicted octanol–water partition coefficient (Wildman–Crippen LogP) is 0.230. The maximum absolute atomic E-state index is 10.1. The number of hydrogen-bond donors (Lipinski definition) is 1. The SMILES string of the molecule is O[C@H]1[C@H]2CCO[C@H]2CN2CCC[C@@H]12. The summed E-state index contributed by atoms with van der Waals surface area (Å²) in [5, 5.41) is 10.1. The molecule has 0 aromatic rings. The Morgan fingerprint density at radius 1 is 1.31 bits per heavy atom. The molecule has 3 aliphatic rings. The van der Waals surface area contributed by atoms with Crippen molar-refractivity contribution in [3.8, 4) is 0 Å². The standard InChI is InChI=1S/C10H17NO2/c12-10-7-3-5-13-9(7)6-11-4-1-2-8(10)11/h7-10,12H,1-6H2/t7-,8-,9-,10-/m0/s1. The second kappa shape index (κ2) is 2.94. The van der Waals surface area contributed by atoms with Crippen molar-refractivity contribution >= 4 is 0 Å². The molecule has 0 aromatic carbocycles. The minimum Gasteiger partial charge on any atom is -0.391 e. The van der Waals surface area contributed by atoms with Crippen LogP contribution in [-0.2, 0) is 4.74 Å². The van der Waals surface area contributed by atoms with Crippen molar-refractivity contribution in [3.63, 3.8) is 0 Å². The summed E-state index contributed by atoms with van der Waals surface area (Å²) in [6.45, 7) is 3.08. The van der Waals surface area contributed by atoms with E-state index in [2.05, 4.69) is 4.90 Å². The van der Waals surface area contributed by atoms with Gasteiger partial charge in [-0.05, 0) is 25.8 Å². The van der Waals surface area contributed by atoms with E-state index in [1.54, 1.807) is 0 Å². The maximum atomic E-state index is 10.1. The van der Waals surface area contributed by atoms with Gasteiger partial charge in [0.2, 0.25) is 0 Å². The molecular formula is C10H17NO2. The number of rotatable bonds is 0. The first-order valence-electron chi connectivity index (χ1n) is 5.40. The Hall–Kier alpha value is -0.120. The molecule has 3 nitrogen and oxygen atoms in total. The van der Waals surface area contributed by atoms with Gasteiger partial charge in [0, 0.05) is 25.1 Å². The molecule has 0 unspecified atom stereocenters. The van der Waals surface area contributed by atoms with Gasteiger partial charge in [-0.25, -0.2) is 0 Å². The summed E-state index contributed by atoms with van der Waals surface area (Å²) in [7, 11) is 0. The van der Waals surface area contributed by atoms with Gasteiger partial charge >= 0.3 is 0 Å². The van der Waals surface area contributed by atoms with Crippen molar-refractivity contribution in [1.29, 1.82) is 0 Å². The van der Waals surface area contributed by atoms with Crippen LogP contribution in [0.1, 0.15) is 19.3 Å². The van der Waals surface area contributed by atoms with Gasteiger partial charge in [-0.1, -0.05) is 0 Å². The smallest absolute Gasteiger partial charge is 0.0756 e. The summed E-state index contributed by atoms with van der Waals surface area (Å²) in [4.78, 5) is 2.41. The van der Waals surface area contributed by atoms with E-state index in [-0.39, 0.29) is 6.10 Å². The number of fused-ring (bicyclic) bond motifs is 2. The van der Waals surface area contributed by atoms with Crippen LogP contribution < -0.4 is 0 Å². The Bertz CT molecular complexity index is 189. The van der Waals surface area contributed by atoms with Gasteiger partial charge in [-0.15, -0.1) is 0 Å². The Morgan fingerprint density at radius 3 is 3.15 bits per heavy atom. The lowest BCUT2D eigenvalue weighted by atomic mass is 9.85. The minimum absolute atomic E-state index is 0.122. The number of nitrogens with zero attached hydrogens (tertiary/aromatic N) is 1. The van der Waals surface area contributed by atoms with Crippen molar-refractivity contribution < 1.29 is 9.84 Å². The second-order valence-corrected chi connectivity index (χ2v) is 4.56. The van der Waals surface area contributed by atoms with E-state index in [9.17, 15) is 5.11 Å². The zero-order valence-corrected chi connectivity index (χ0v) is 7.85. The first-order valence-corrected chi connectivity index (χ1v) is 5.40. The molecule has 0 amide bonds. The molecule has 0 spiro atoms. The topological polar surface area (TPSA) is 32.7 Å². The van der Waals surface area contributed by atoms with E-state index in [0.717, 1.165) is 26.1 Å². The third kappa shape index (κ3) is 1.14. The van der Waals surface area contributed by atoms with E-state index >= 15 is 0 Å². The Morgan fingerprint density at radius 2 is 2.23 bits per heavy atom. The highest BCUT2D eigenvalue weighted by Crippen LogP contribution is 2.36. The average molecular weight is 183 g/mol. The van der Waals surface area contributed by atoms with E-state index in [1.165, 1.54) is 12.8 Å². The monoisotopic (exact) mass is 183 g/mol. The van der Waals surface area contributed by atoms with Crippen molar-refractivity contribution in [2.75, 3.05) is 19.7 Å². The van der Waals surface area contributed by atoms with Crippen LogP contribution in [-0.4, -0.2) is 48.0 Å². The molecular weight excluding hydrogens is 166 g/mol. The fourth-order valence-corrected chi connectivity index (χ4v) is 3.23. The van der Waals surface area contributed by atoms with Crippen molar-refractivity contribution in [3.05, 3.63) is 0 Å². The van der Waals surface area contributed by atoms with E-state index in [4.69, 9.17) is 4.74 Å². The Labute approximate surface area is 78.7 Å². The average Bonchev–Trinajstić information content (AvgIpc) is 2.71. The first-order chi connectivity index (χ1) is 6.36. The molecule has 3 fully saturated rings. The summed E-state index contributed by atoms with van der Waals surface area (Å²) in [5.41, 5.74) is 0. The molecule has 3 heteroatoms. The van der Waals surface area contributed by atoms with Crippen LogP contribution in [0.5, 0.6) is 0 Å². The lowest BCUT2D eigenvalue weighted by Gasteiger charge is -2.40. The summed E-state index contributed by atoms with van der Waals surface area (Å²) >= 11 is 0. The third-order valence-electron chi connectivity index (χ3n) is 3.92. The molecule has 0 saturated carbocycles. The number of aliphatic hydroxyl groups excluding tert-OH is 1. The molecule has 3 rings (SSSR count). The van der Waals surface area contributed by atoms with Crippen LogP contribution in [0.3, 0.4) is 0 Å². The quantitative estimate of drug-likeness (QED) is 0.583. The van der Waals surface area contributed by atoms with Crippen LogP contribution in [0.2, 0.25) is 0 Å². The van der Waals surface area contributed by atoms with Crippen LogP contribution in [0.15, 0.2) is 0 Å². The van der Waals surface area contributed by atoms with Crippen LogP contribution in [0.4, 0.5) is 0 Å². The van der Waals surface area contributed by atoms with Gasteiger partial charge in [0.25, 0.3) is 0 Å². The highest BCUT2D eigenvalue weighted by atomic mass is 16.5. The number of ether oxygens (including phenoxy) is 1. The summed E-state index contributed by atoms with van der Waals surface area (Å²) < 4.78 is 5.63. The highest BCUT2D eigenvalue weighted by molar-refractivity contribution is 4.99. The summed E-state index contributed by atoms with van der Waals surface area (Å²) in [6.07, 6.45) is 3.70. The molecule has 74 valence electrons. The summed E-state index contributed by atoms with van der Waals surface area (Å²) in [6, 6.07) is 0.447. The zero-order valence-electron chi connectivity index (χ0n) is 7.85. The minimum atomic E-state index is -0.122. The molecule has 0 radical (unpaired) electrons. The largest absolute Gasteiger partial charge is 0.391 e. The van der Waals surface area contributed by atoms with Gasteiger partial charge in [0.15, 0.2) is 0 Å². The molecule has 0 aliphatic carbocycles. The molecule has 4 atom stereocenters. The van der Waals surface area contributed by atoms with Gasteiger partial charge in [-0.2, -0.15) is 0 Å². The van der Waals surface area contributed by atoms with Gasteiger partial charge in [-0.3, -0.25) is 4.90 Å². The molecule has 3 saturated heterocycles. The van der Waals surface area contributed by atoms with Crippen LogP contribution in [0.25, 0.3) is 0 Å². The van der Waals surface area contributed by atoms with Crippen molar-refractivity contribution in [2.24, 2.45) is 5.92 Å². The lowest BCUT2D eigenvalue weighted by molar-refractivity contribution is -0.0642. The Balaban J connectivity index is 1.82. The van der Waals surface area contributed by atoms with E-state index in [1.807, 2.05) is 0 Å². The maximum Gasteiger partial charge on any atom is 0.0756 e. The van der Waals surface area contributed by atoms with Crippen molar-refractivity contribution in [2.45, 2.75) is 37.5 Å². The second-order valence-electron chi connectivity index (χ2n) is 4.56. The zero-order chi connectivity index (χ0) is 8.84. The normalized spacial score (nSPS) is 50.5. The molecule has 3 heterocycles. The van der Waals surface area contributed by atoms with Gasteiger partial charge in [0.05, 0.1) is 12.2 Å². The fourth-order valence-electron chi connectivity index (χ4n) is 3.23. The van der Waals surface area contributed by atoms with E-state index in [0.29, 0.717) is 18.1 Å². The summed E-state index contributed by atoms with van der Waals surface area (Å²) in [5.74, 6) is 0.430. The van der Waals surface area contributed by atoms with E-state index < -0.39 is 0 Å². The highest BCUT2D eigenvalue weighted by Gasteiger charge is 2.46. The molecule has 0 aromatic heterocycles. The van der Waals surface area contributed by atoms with Crippen LogP contribution >= 0.6 is 0 Å². The van der Waals surface area contributed by atoms with Crippen molar-refractivity contribution in [1.82, 2.24) is 4.90 Å². The Kier molecular flexibility index (Phi) is 1.86. The third-order valence-corrected chi connectivity index (χ3v) is 3.92. The molecule has 13 heavy (non-hydrogen) atoms. The van der Waals surface area contributed by atoms with Gasteiger partial charge in [0.1, 0.15) is 0 Å². The first kappa shape index (κ1) is 8.21. The molecule has 1 N–H and O–H groups in total. The fraction of sp³-hybridized carbons (Fsp3) is 1.00. The van der Waals surface area contributed by atoms with Gasteiger partial charge < -0.3 is 9.84 Å². The molecule has 3 aliphatic heterocycles. The predicted molar refractivity (Wildman–Crippen MR) is 48.4 cm³/mol. The molecule has 0 bridgehead atoms. The lowest BCUT2D eigenvalue weighted by Crippen LogP contribution is -2.54. The number of piperidine rings is 1. The van der Waals surface area contributed by atoms with Crippen LogP contribution in [0, 0.1) is 5.92 Å².